The minimum Gasteiger partial charge on any atom is -0.310 e. The van der Waals surface area contributed by atoms with Gasteiger partial charge in [0.15, 0.2) is 0 Å². The fourth-order valence-corrected chi connectivity index (χ4v) is 9.48. The fourth-order valence-electron chi connectivity index (χ4n) is 7.27. The Kier molecular flexibility index (Phi) is 6.61. The van der Waals surface area contributed by atoms with E-state index >= 15 is 0 Å². The van der Waals surface area contributed by atoms with Crippen molar-refractivity contribution in [3.63, 3.8) is 0 Å². The van der Waals surface area contributed by atoms with Crippen LogP contribution >= 0.6 is 22.7 Å². The van der Waals surface area contributed by atoms with Gasteiger partial charge in [0.1, 0.15) is 0 Å². The molecule has 0 spiro atoms. The summed E-state index contributed by atoms with van der Waals surface area (Å²) in [4.78, 5) is 2.38. The van der Waals surface area contributed by atoms with Crippen LogP contribution in [0.25, 0.3) is 73.4 Å². The van der Waals surface area contributed by atoms with E-state index in [4.69, 9.17) is 0 Å². The van der Waals surface area contributed by atoms with Gasteiger partial charge in [0, 0.05) is 57.4 Å². The lowest BCUT2D eigenvalue weighted by molar-refractivity contribution is 1.29. The first-order valence-corrected chi connectivity index (χ1v) is 18.2. The Balaban J connectivity index is 1.07. The largest absolute Gasteiger partial charge is 0.310 e. The first kappa shape index (κ1) is 28.3. The van der Waals surface area contributed by atoms with Crippen LogP contribution in [0.1, 0.15) is 0 Å². The van der Waals surface area contributed by atoms with Crippen molar-refractivity contribution in [1.82, 2.24) is 0 Å². The van der Waals surface area contributed by atoms with Crippen molar-refractivity contribution in [2.45, 2.75) is 0 Å². The number of thiophene rings is 2. The highest BCUT2D eigenvalue weighted by atomic mass is 32.1. The van der Waals surface area contributed by atoms with Crippen LogP contribution in [0.5, 0.6) is 0 Å². The first-order chi connectivity index (χ1) is 24.3. The molecule has 0 bridgehead atoms. The van der Waals surface area contributed by atoms with E-state index in [9.17, 15) is 0 Å². The maximum absolute atomic E-state index is 2.38. The molecule has 49 heavy (non-hydrogen) atoms. The van der Waals surface area contributed by atoms with Crippen LogP contribution in [-0.4, -0.2) is 0 Å². The van der Waals surface area contributed by atoms with E-state index in [1.54, 1.807) is 0 Å². The van der Waals surface area contributed by atoms with Crippen molar-refractivity contribution in [1.29, 1.82) is 0 Å². The average Bonchev–Trinajstić information content (AvgIpc) is 3.74. The molecule has 10 rings (SSSR count). The maximum atomic E-state index is 2.38. The van der Waals surface area contributed by atoms with Gasteiger partial charge in [0.25, 0.3) is 0 Å². The van der Waals surface area contributed by atoms with Crippen LogP contribution in [-0.2, 0) is 0 Å². The molecular formula is C46H29NS2. The van der Waals surface area contributed by atoms with Gasteiger partial charge in [0.2, 0.25) is 0 Å². The Morgan fingerprint density at radius 2 is 0.837 bits per heavy atom. The molecule has 0 aliphatic heterocycles. The number of anilines is 3. The van der Waals surface area contributed by atoms with E-state index in [0.717, 1.165) is 17.1 Å². The van der Waals surface area contributed by atoms with Gasteiger partial charge in [0.05, 0.1) is 0 Å². The minimum atomic E-state index is 1.13. The number of hydrogen-bond donors (Lipinski definition) is 0. The molecule has 0 saturated heterocycles. The van der Waals surface area contributed by atoms with Crippen LogP contribution in [0.3, 0.4) is 0 Å². The number of rotatable bonds is 5. The SMILES string of the molecule is c1ccc(-c2ccc(N(c3ccc(-c4ccc5c(ccc6sc7ccccc7c65)c4)cc3)c3ccc4sc5ccccc5c4c3)cc2)cc1. The second-order valence-corrected chi connectivity index (χ2v) is 14.7. The van der Waals surface area contributed by atoms with Crippen LogP contribution in [0.2, 0.25) is 0 Å². The molecule has 0 aliphatic rings. The fraction of sp³-hybridized carbons (Fsp3) is 0. The maximum Gasteiger partial charge on any atom is 0.0468 e. The quantitative estimate of drug-likeness (QED) is 0.178. The molecule has 2 heterocycles. The van der Waals surface area contributed by atoms with Gasteiger partial charge in [-0.2, -0.15) is 0 Å². The molecule has 0 radical (unpaired) electrons. The molecule has 230 valence electrons. The Hall–Kier alpha value is -5.74. The Bertz CT molecular complexity index is 2810. The summed E-state index contributed by atoms with van der Waals surface area (Å²) in [5.74, 6) is 0. The summed E-state index contributed by atoms with van der Waals surface area (Å²) in [7, 11) is 0. The van der Waals surface area contributed by atoms with Crippen molar-refractivity contribution < 1.29 is 0 Å². The third-order valence-corrected chi connectivity index (χ3v) is 12.0. The van der Waals surface area contributed by atoms with Crippen LogP contribution in [0.15, 0.2) is 176 Å². The van der Waals surface area contributed by atoms with E-state index in [-0.39, 0.29) is 0 Å². The highest BCUT2D eigenvalue weighted by Gasteiger charge is 2.16. The molecule has 10 aromatic rings. The smallest absolute Gasteiger partial charge is 0.0468 e. The van der Waals surface area contributed by atoms with Crippen molar-refractivity contribution in [2.75, 3.05) is 4.90 Å². The molecule has 1 nitrogen and oxygen atoms in total. The molecule has 0 unspecified atom stereocenters. The molecule has 0 fully saturated rings. The summed E-state index contributed by atoms with van der Waals surface area (Å²) in [5, 5.41) is 7.90. The van der Waals surface area contributed by atoms with Gasteiger partial charge < -0.3 is 4.90 Å². The molecule has 8 aromatic carbocycles. The van der Waals surface area contributed by atoms with Crippen molar-refractivity contribution in [3.8, 4) is 22.3 Å². The summed E-state index contributed by atoms with van der Waals surface area (Å²) in [5.41, 5.74) is 8.27. The summed E-state index contributed by atoms with van der Waals surface area (Å²) >= 11 is 3.73. The zero-order chi connectivity index (χ0) is 32.3. The molecule has 0 amide bonds. The lowest BCUT2D eigenvalue weighted by atomic mass is 9.98. The van der Waals surface area contributed by atoms with Gasteiger partial charge in [-0.05, 0) is 99.8 Å². The third kappa shape index (κ3) is 4.82. The van der Waals surface area contributed by atoms with E-state index in [2.05, 4.69) is 181 Å². The number of fused-ring (bicyclic) bond motifs is 8. The Labute approximate surface area is 292 Å². The van der Waals surface area contributed by atoms with Crippen molar-refractivity contribution in [2.24, 2.45) is 0 Å². The van der Waals surface area contributed by atoms with E-state index < -0.39 is 0 Å². The number of hydrogen-bond acceptors (Lipinski definition) is 3. The summed E-state index contributed by atoms with van der Waals surface area (Å²) < 4.78 is 5.32. The van der Waals surface area contributed by atoms with Crippen LogP contribution in [0, 0.1) is 0 Å². The molecule has 3 heteroatoms. The van der Waals surface area contributed by atoms with E-state index in [1.165, 1.54) is 73.4 Å². The molecule has 0 N–H and O–H groups in total. The van der Waals surface area contributed by atoms with Gasteiger partial charge >= 0.3 is 0 Å². The van der Waals surface area contributed by atoms with Crippen LogP contribution in [0.4, 0.5) is 17.1 Å². The molecule has 2 aromatic heterocycles. The standard InChI is InChI=1S/C46H29NS2/c1-2-8-30(9-3-1)31-14-20-35(21-15-31)47(37-24-27-44-41(29-37)39-10-4-6-12-42(39)48-44)36-22-16-32(17-23-36)33-18-25-38-34(28-33)19-26-45-46(38)40-11-5-7-13-43(40)49-45/h1-29H. The van der Waals surface area contributed by atoms with Gasteiger partial charge in [-0.3, -0.25) is 0 Å². The molecular weight excluding hydrogens is 631 g/mol. The number of benzene rings is 8. The minimum absolute atomic E-state index is 1.13. The second-order valence-electron chi connectivity index (χ2n) is 12.5. The Morgan fingerprint density at radius 1 is 0.306 bits per heavy atom. The van der Waals surface area contributed by atoms with E-state index in [0.29, 0.717) is 0 Å². The van der Waals surface area contributed by atoms with Crippen molar-refractivity contribution in [3.05, 3.63) is 176 Å². The van der Waals surface area contributed by atoms with Crippen molar-refractivity contribution >= 4 is 90.9 Å². The predicted octanol–water partition coefficient (Wildman–Crippen LogP) is 14.4. The monoisotopic (exact) mass is 659 g/mol. The summed E-state index contributed by atoms with van der Waals surface area (Å²) in [6.07, 6.45) is 0. The highest BCUT2D eigenvalue weighted by molar-refractivity contribution is 7.26. The normalized spacial score (nSPS) is 11.7. The van der Waals surface area contributed by atoms with E-state index in [1.807, 2.05) is 22.7 Å². The zero-order valence-electron chi connectivity index (χ0n) is 26.5. The second kappa shape index (κ2) is 11.5. The van der Waals surface area contributed by atoms with Gasteiger partial charge in [-0.1, -0.05) is 109 Å². The molecule has 0 atom stereocenters. The Morgan fingerprint density at radius 3 is 1.59 bits per heavy atom. The predicted molar refractivity (Wildman–Crippen MR) is 215 cm³/mol. The van der Waals surface area contributed by atoms with Gasteiger partial charge in [-0.25, -0.2) is 0 Å². The molecule has 0 aliphatic carbocycles. The first-order valence-electron chi connectivity index (χ1n) is 16.6. The lowest BCUT2D eigenvalue weighted by Gasteiger charge is -2.26. The summed E-state index contributed by atoms with van der Waals surface area (Å²) in [6, 6.07) is 64.4. The zero-order valence-corrected chi connectivity index (χ0v) is 28.1. The third-order valence-electron chi connectivity index (χ3n) is 9.67. The number of nitrogens with zero attached hydrogens (tertiary/aromatic N) is 1. The summed E-state index contributed by atoms with van der Waals surface area (Å²) in [6.45, 7) is 0. The highest BCUT2D eigenvalue weighted by Crippen LogP contribution is 2.42. The topological polar surface area (TPSA) is 3.24 Å². The van der Waals surface area contributed by atoms with Crippen LogP contribution < -0.4 is 4.90 Å². The average molecular weight is 660 g/mol. The lowest BCUT2D eigenvalue weighted by Crippen LogP contribution is -2.09. The van der Waals surface area contributed by atoms with Gasteiger partial charge in [-0.15, -0.1) is 22.7 Å². The molecule has 0 saturated carbocycles.